The van der Waals surface area contributed by atoms with Gasteiger partial charge in [0.1, 0.15) is 17.6 Å². The van der Waals surface area contributed by atoms with Gasteiger partial charge in [-0.05, 0) is 6.07 Å². The Labute approximate surface area is 89.2 Å². The molecule has 15 heavy (non-hydrogen) atoms. The van der Waals surface area contributed by atoms with Gasteiger partial charge >= 0.3 is 6.18 Å². The summed E-state index contributed by atoms with van der Waals surface area (Å²) < 4.78 is 39.4. The Kier molecular flexibility index (Phi) is 4.28. The van der Waals surface area contributed by atoms with Crippen LogP contribution in [-0.4, -0.2) is 29.4 Å². The van der Waals surface area contributed by atoms with Gasteiger partial charge in [-0.1, -0.05) is 11.6 Å². The summed E-state index contributed by atoms with van der Waals surface area (Å²) in [6, 6.07) is 1.49. The Morgan fingerprint density at radius 1 is 1.40 bits per heavy atom. The van der Waals surface area contributed by atoms with Crippen molar-refractivity contribution in [2.24, 2.45) is 0 Å². The standard InChI is InChI=1S/C8H8ClF3N2O/c9-6-1-3-13-7(14-6)2-4-15-5-8(10,11)12/h1,3H,2,4-5H2. The van der Waals surface area contributed by atoms with E-state index in [9.17, 15) is 13.2 Å². The van der Waals surface area contributed by atoms with E-state index in [1.54, 1.807) is 0 Å². The van der Waals surface area contributed by atoms with E-state index in [4.69, 9.17) is 11.6 Å². The Balaban J connectivity index is 2.26. The van der Waals surface area contributed by atoms with Crippen molar-refractivity contribution >= 4 is 11.6 Å². The molecule has 84 valence electrons. The predicted octanol–water partition coefficient (Wildman–Crippen LogP) is 2.25. The highest BCUT2D eigenvalue weighted by Gasteiger charge is 2.27. The van der Waals surface area contributed by atoms with Crippen molar-refractivity contribution in [3.63, 3.8) is 0 Å². The fourth-order valence-corrected chi connectivity index (χ4v) is 1.000. The van der Waals surface area contributed by atoms with Gasteiger partial charge in [0.15, 0.2) is 0 Å². The van der Waals surface area contributed by atoms with Crippen LogP contribution in [0.15, 0.2) is 12.3 Å². The second kappa shape index (κ2) is 5.27. The number of nitrogens with zero attached hydrogens (tertiary/aromatic N) is 2. The monoisotopic (exact) mass is 240 g/mol. The van der Waals surface area contributed by atoms with E-state index in [1.807, 2.05) is 0 Å². The molecule has 1 rings (SSSR count). The zero-order chi connectivity index (χ0) is 11.3. The van der Waals surface area contributed by atoms with Gasteiger partial charge in [-0.25, -0.2) is 9.97 Å². The van der Waals surface area contributed by atoms with E-state index < -0.39 is 12.8 Å². The lowest BCUT2D eigenvalue weighted by Gasteiger charge is -2.06. The van der Waals surface area contributed by atoms with Crippen molar-refractivity contribution in [3.8, 4) is 0 Å². The Morgan fingerprint density at radius 2 is 2.13 bits per heavy atom. The van der Waals surface area contributed by atoms with Gasteiger partial charge in [-0.3, -0.25) is 0 Å². The van der Waals surface area contributed by atoms with Gasteiger partial charge in [-0.2, -0.15) is 13.2 Å². The summed E-state index contributed by atoms with van der Waals surface area (Å²) in [4.78, 5) is 7.62. The van der Waals surface area contributed by atoms with Crippen LogP contribution in [0, 0.1) is 0 Å². The minimum atomic E-state index is -4.30. The van der Waals surface area contributed by atoms with Gasteiger partial charge in [0, 0.05) is 12.6 Å². The number of rotatable bonds is 4. The number of halogens is 4. The van der Waals surface area contributed by atoms with E-state index in [0.29, 0.717) is 5.82 Å². The van der Waals surface area contributed by atoms with E-state index in [1.165, 1.54) is 12.3 Å². The first-order valence-corrected chi connectivity index (χ1v) is 4.47. The highest BCUT2D eigenvalue weighted by molar-refractivity contribution is 6.29. The number of aromatic nitrogens is 2. The molecular weight excluding hydrogens is 233 g/mol. The third-order valence-corrected chi connectivity index (χ3v) is 1.62. The molecule has 1 heterocycles. The average molecular weight is 241 g/mol. The maximum absolute atomic E-state index is 11.7. The van der Waals surface area contributed by atoms with E-state index in [2.05, 4.69) is 14.7 Å². The predicted molar refractivity (Wildman–Crippen MR) is 47.6 cm³/mol. The Bertz CT molecular complexity index is 319. The van der Waals surface area contributed by atoms with Crippen LogP contribution in [0.4, 0.5) is 13.2 Å². The Hall–Kier alpha value is -0.880. The van der Waals surface area contributed by atoms with E-state index in [0.717, 1.165) is 0 Å². The molecule has 0 saturated heterocycles. The van der Waals surface area contributed by atoms with Crippen LogP contribution in [0.3, 0.4) is 0 Å². The summed E-state index contributed by atoms with van der Waals surface area (Å²) in [5.41, 5.74) is 0. The molecular formula is C8H8ClF3N2O. The fraction of sp³-hybridized carbons (Fsp3) is 0.500. The maximum Gasteiger partial charge on any atom is 0.411 e. The SMILES string of the molecule is FC(F)(F)COCCc1nccc(Cl)n1. The van der Waals surface area contributed by atoms with Gasteiger partial charge in [0.05, 0.1) is 6.61 Å². The molecule has 0 N–H and O–H groups in total. The smallest absolute Gasteiger partial charge is 0.372 e. The fourth-order valence-electron chi connectivity index (χ4n) is 0.846. The molecule has 0 amide bonds. The molecule has 1 aromatic heterocycles. The highest BCUT2D eigenvalue weighted by Crippen LogP contribution is 2.14. The van der Waals surface area contributed by atoms with Crippen molar-refractivity contribution in [3.05, 3.63) is 23.2 Å². The molecule has 0 aliphatic rings. The van der Waals surface area contributed by atoms with Gasteiger partial charge < -0.3 is 4.74 Å². The molecule has 0 fully saturated rings. The number of hydrogen-bond acceptors (Lipinski definition) is 3. The summed E-state index contributed by atoms with van der Waals surface area (Å²) in [6.45, 7) is -1.34. The molecule has 0 radical (unpaired) electrons. The maximum atomic E-state index is 11.7. The number of hydrogen-bond donors (Lipinski definition) is 0. The van der Waals surface area contributed by atoms with Crippen LogP contribution in [-0.2, 0) is 11.2 Å². The molecule has 0 aromatic carbocycles. The van der Waals surface area contributed by atoms with Crippen molar-refractivity contribution in [2.45, 2.75) is 12.6 Å². The lowest BCUT2D eigenvalue weighted by molar-refractivity contribution is -0.173. The minimum absolute atomic E-state index is 0.0835. The highest BCUT2D eigenvalue weighted by atomic mass is 35.5. The van der Waals surface area contributed by atoms with Crippen LogP contribution in [0.25, 0.3) is 0 Å². The second-order valence-corrected chi connectivity index (χ2v) is 3.10. The normalized spacial score (nSPS) is 11.7. The van der Waals surface area contributed by atoms with Crippen LogP contribution in [0.2, 0.25) is 5.15 Å². The van der Waals surface area contributed by atoms with Crippen molar-refractivity contribution < 1.29 is 17.9 Å². The first kappa shape index (κ1) is 12.2. The van der Waals surface area contributed by atoms with Crippen LogP contribution in [0.1, 0.15) is 5.82 Å². The zero-order valence-corrected chi connectivity index (χ0v) is 8.35. The summed E-state index contributed by atoms with van der Waals surface area (Å²) in [5.74, 6) is 0.365. The molecule has 3 nitrogen and oxygen atoms in total. The first-order valence-electron chi connectivity index (χ1n) is 4.09. The lowest BCUT2D eigenvalue weighted by atomic mass is 10.4. The molecule has 0 spiro atoms. The summed E-state index contributed by atoms with van der Waals surface area (Å²) >= 11 is 5.56. The average Bonchev–Trinajstić information content (AvgIpc) is 2.11. The Morgan fingerprint density at radius 3 is 2.73 bits per heavy atom. The lowest BCUT2D eigenvalue weighted by Crippen LogP contribution is -2.18. The molecule has 0 bridgehead atoms. The molecule has 0 unspecified atom stereocenters. The zero-order valence-electron chi connectivity index (χ0n) is 7.59. The van der Waals surface area contributed by atoms with Crippen LogP contribution >= 0.6 is 11.6 Å². The van der Waals surface area contributed by atoms with Gasteiger partial charge in [0.2, 0.25) is 0 Å². The molecule has 0 saturated carbocycles. The second-order valence-electron chi connectivity index (χ2n) is 2.71. The van der Waals surface area contributed by atoms with E-state index >= 15 is 0 Å². The molecule has 1 aromatic rings. The molecule has 0 atom stereocenters. The summed E-state index contributed by atoms with van der Waals surface area (Å²) in [7, 11) is 0. The van der Waals surface area contributed by atoms with Gasteiger partial charge in [0.25, 0.3) is 0 Å². The van der Waals surface area contributed by atoms with Crippen molar-refractivity contribution in [1.29, 1.82) is 0 Å². The summed E-state index contributed by atoms with van der Waals surface area (Å²) in [6.07, 6.45) is -2.65. The van der Waals surface area contributed by atoms with Crippen LogP contribution in [0.5, 0.6) is 0 Å². The summed E-state index contributed by atoms with van der Waals surface area (Å²) in [5, 5.41) is 0.260. The molecule has 0 aliphatic carbocycles. The first-order chi connectivity index (χ1) is 6.97. The van der Waals surface area contributed by atoms with Crippen LogP contribution < -0.4 is 0 Å². The minimum Gasteiger partial charge on any atom is -0.372 e. The van der Waals surface area contributed by atoms with E-state index in [-0.39, 0.29) is 18.2 Å². The van der Waals surface area contributed by atoms with Gasteiger partial charge in [-0.15, -0.1) is 0 Å². The largest absolute Gasteiger partial charge is 0.411 e. The molecule has 0 aliphatic heterocycles. The van der Waals surface area contributed by atoms with Crippen molar-refractivity contribution in [1.82, 2.24) is 9.97 Å². The topological polar surface area (TPSA) is 35.0 Å². The van der Waals surface area contributed by atoms with Crippen molar-refractivity contribution in [2.75, 3.05) is 13.2 Å². The third kappa shape index (κ3) is 5.54. The number of ether oxygens (including phenoxy) is 1. The number of alkyl halides is 3. The quantitative estimate of drug-likeness (QED) is 0.598. The molecule has 7 heteroatoms. The third-order valence-electron chi connectivity index (χ3n) is 1.41.